The number of carbonyl (C=O) groups excluding carboxylic acids is 3. The Morgan fingerprint density at radius 2 is 1.50 bits per heavy atom. The predicted octanol–water partition coefficient (Wildman–Crippen LogP) is 4.60. The molecule has 28 heavy (non-hydrogen) atoms. The van der Waals surface area contributed by atoms with Gasteiger partial charge in [-0.25, -0.2) is 9.59 Å². The summed E-state index contributed by atoms with van der Waals surface area (Å²) in [7, 11) is 0. The van der Waals surface area contributed by atoms with Gasteiger partial charge >= 0.3 is 17.9 Å². The molecule has 2 rings (SSSR count). The van der Waals surface area contributed by atoms with Crippen molar-refractivity contribution in [3.05, 3.63) is 71.3 Å². The first-order valence-electron chi connectivity index (χ1n) is 9.62. The number of rotatable bonds is 9. The topological polar surface area (TPSA) is 69.7 Å². The van der Waals surface area contributed by atoms with Crippen molar-refractivity contribution in [1.29, 1.82) is 0 Å². The van der Waals surface area contributed by atoms with E-state index in [-0.39, 0.29) is 6.61 Å². The van der Waals surface area contributed by atoms with E-state index in [1.165, 1.54) is 5.56 Å². The summed E-state index contributed by atoms with van der Waals surface area (Å²) >= 11 is 0. The number of ether oxygens (including phenoxy) is 2. The molecule has 0 radical (unpaired) electrons. The second kappa shape index (κ2) is 11.0. The van der Waals surface area contributed by atoms with E-state index in [2.05, 4.69) is 6.92 Å². The van der Waals surface area contributed by atoms with Crippen LogP contribution in [0.5, 0.6) is 0 Å². The van der Waals surface area contributed by atoms with Crippen LogP contribution < -0.4 is 0 Å². The first kappa shape index (κ1) is 21.4. The van der Waals surface area contributed by atoms with Gasteiger partial charge < -0.3 is 9.47 Å². The van der Waals surface area contributed by atoms with Gasteiger partial charge in [-0.15, -0.1) is 0 Å². The molecule has 0 bridgehead atoms. The molecule has 1 unspecified atom stereocenters. The van der Waals surface area contributed by atoms with Gasteiger partial charge in [-0.05, 0) is 49.1 Å². The van der Waals surface area contributed by atoms with Gasteiger partial charge in [-0.1, -0.05) is 50.6 Å². The van der Waals surface area contributed by atoms with Crippen LogP contribution in [0.15, 0.2) is 54.6 Å². The fraction of sp³-hybridized carbons (Fsp3) is 0.348. The highest BCUT2D eigenvalue weighted by molar-refractivity contribution is 5.97. The Hall–Kier alpha value is -2.95. The van der Waals surface area contributed by atoms with E-state index in [1.54, 1.807) is 49.4 Å². The molecular formula is C23H26O5. The zero-order valence-electron chi connectivity index (χ0n) is 16.4. The summed E-state index contributed by atoms with van der Waals surface area (Å²) in [6, 6.07) is 15.6. The highest BCUT2D eigenvalue weighted by Crippen LogP contribution is 2.13. The number of hydrogen-bond acceptors (Lipinski definition) is 5. The van der Waals surface area contributed by atoms with Crippen LogP contribution in [0.2, 0.25) is 0 Å². The van der Waals surface area contributed by atoms with Crippen LogP contribution in [-0.4, -0.2) is 24.5 Å². The summed E-state index contributed by atoms with van der Waals surface area (Å²) in [6.45, 7) is 3.78. The Labute approximate surface area is 165 Å². The number of hydrogen-bond donors (Lipinski definition) is 0. The van der Waals surface area contributed by atoms with Crippen molar-refractivity contribution in [2.45, 2.75) is 39.5 Å². The number of carbonyl (C=O) groups is 3. The maximum absolute atomic E-state index is 12.2. The van der Waals surface area contributed by atoms with Crippen LogP contribution in [0.25, 0.3) is 0 Å². The van der Waals surface area contributed by atoms with Gasteiger partial charge in [-0.2, -0.15) is 0 Å². The lowest BCUT2D eigenvalue weighted by atomic mass is 10.1. The average molecular weight is 382 g/mol. The lowest BCUT2D eigenvalue weighted by molar-refractivity contribution is -0.144. The molecule has 0 aromatic heterocycles. The van der Waals surface area contributed by atoms with Gasteiger partial charge in [0.2, 0.25) is 0 Å². The van der Waals surface area contributed by atoms with Crippen molar-refractivity contribution in [1.82, 2.24) is 0 Å². The number of benzene rings is 2. The molecule has 148 valence electrons. The van der Waals surface area contributed by atoms with Crippen molar-refractivity contribution in [2.24, 2.45) is 5.92 Å². The minimum Gasteiger partial charge on any atom is -0.461 e. The van der Waals surface area contributed by atoms with Gasteiger partial charge in [0.15, 0.2) is 0 Å². The highest BCUT2D eigenvalue weighted by Gasteiger charge is 2.24. The third-order valence-electron chi connectivity index (χ3n) is 4.45. The first-order chi connectivity index (χ1) is 13.5. The molecule has 5 nitrogen and oxygen atoms in total. The molecular weight excluding hydrogens is 356 g/mol. The van der Waals surface area contributed by atoms with Crippen LogP contribution in [0, 0.1) is 5.92 Å². The summed E-state index contributed by atoms with van der Waals surface area (Å²) in [5.41, 5.74) is 1.91. The molecule has 0 aliphatic heterocycles. The average Bonchev–Trinajstić information content (AvgIpc) is 2.73. The maximum atomic E-state index is 12.2. The molecule has 0 amide bonds. The number of aryl methyl sites for hydroxylation is 1. The quantitative estimate of drug-likeness (QED) is 0.468. The minimum atomic E-state index is -0.710. The Bertz CT molecular complexity index is 780. The van der Waals surface area contributed by atoms with Crippen LogP contribution in [0.3, 0.4) is 0 Å². The molecule has 0 aliphatic carbocycles. The monoisotopic (exact) mass is 382 g/mol. The van der Waals surface area contributed by atoms with E-state index < -0.39 is 23.8 Å². The van der Waals surface area contributed by atoms with E-state index in [9.17, 15) is 14.4 Å². The third-order valence-corrected chi connectivity index (χ3v) is 4.45. The zero-order valence-corrected chi connectivity index (χ0v) is 16.4. The van der Waals surface area contributed by atoms with Crippen LogP contribution >= 0.6 is 0 Å². The summed E-state index contributed by atoms with van der Waals surface area (Å²) in [5, 5.41) is 0. The molecule has 0 spiro atoms. The van der Waals surface area contributed by atoms with Gasteiger partial charge in [0.1, 0.15) is 6.61 Å². The summed E-state index contributed by atoms with van der Waals surface area (Å²) < 4.78 is 10.2. The van der Waals surface area contributed by atoms with Gasteiger partial charge in [-0.3, -0.25) is 4.79 Å². The number of esters is 3. The van der Waals surface area contributed by atoms with E-state index in [4.69, 9.17) is 9.47 Å². The van der Waals surface area contributed by atoms with Gasteiger partial charge in [0.05, 0.1) is 17.0 Å². The molecule has 0 saturated heterocycles. The van der Waals surface area contributed by atoms with Gasteiger partial charge in [0, 0.05) is 0 Å². The summed E-state index contributed by atoms with van der Waals surface area (Å²) in [5.74, 6) is -2.60. The van der Waals surface area contributed by atoms with Crippen molar-refractivity contribution >= 4 is 17.9 Å². The van der Waals surface area contributed by atoms with Gasteiger partial charge in [0.25, 0.3) is 0 Å². The van der Waals surface area contributed by atoms with Crippen molar-refractivity contribution in [3.8, 4) is 0 Å². The summed E-state index contributed by atoms with van der Waals surface area (Å²) in [6.07, 6.45) is 3.59. The SMILES string of the molecule is CCCCc1ccc(C(=O)OCC(CC)C(=O)OC(=O)c2ccccc2)cc1. The maximum Gasteiger partial charge on any atom is 0.345 e. The lowest BCUT2D eigenvalue weighted by Gasteiger charge is -2.14. The molecule has 0 heterocycles. The fourth-order valence-corrected chi connectivity index (χ4v) is 2.61. The largest absolute Gasteiger partial charge is 0.461 e. The van der Waals surface area contributed by atoms with Crippen molar-refractivity contribution < 1.29 is 23.9 Å². The normalized spacial score (nSPS) is 11.5. The van der Waals surface area contributed by atoms with Crippen LogP contribution in [0.1, 0.15) is 59.4 Å². The Kier molecular flexibility index (Phi) is 8.40. The van der Waals surface area contributed by atoms with E-state index in [1.807, 2.05) is 12.1 Å². The molecule has 1 atom stereocenters. The number of unbranched alkanes of at least 4 members (excludes halogenated alkanes) is 1. The van der Waals surface area contributed by atoms with Crippen LogP contribution in [-0.2, 0) is 20.7 Å². The minimum absolute atomic E-state index is 0.131. The smallest absolute Gasteiger partial charge is 0.345 e. The molecule has 2 aromatic carbocycles. The summed E-state index contributed by atoms with van der Waals surface area (Å²) in [4.78, 5) is 36.4. The Balaban J connectivity index is 1.87. The van der Waals surface area contributed by atoms with Crippen molar-refractivity contribution in [2.75, 3.05) is 6.61 Å². The third kappa shape index (κ3) is 6.34. The first-order valence-corrected chi connectivity index (χ1v) is 9.62. The zero-order chi connectivity index (χ0) is 20.4. The molecule has 5 heteroatoms. The molecule has 0 N–H and O–H groups in total. The Morgan fingerprint density at radius 1 is 0.857 bits per heavy atom. The standard InChI is InChI=1S/C23H26O5/c1-3-5-9-17-12-14-20(15-13-17)21(24)27-16-18(4-2)22(25)28-23(26)19-10-7-6-8-11-19/h6-8,10-15,18H,3-5,9,16H2,1-2H3. The Morgan fingerprint density at radius 3 is 2.11 bits per heavy atom. The van der Waals surface area contributed by atoms with E-state index in [0.717, 1.165) is 19.3 Å². The second-order valence-corrected chi connectivity index (χ2v) is 6.58. The molecule has 2 aromatic rings. The lowest BCUT2D eigenvalue weighted by Crippen LogP contribution is -2.26. The molecule has 0 fully saturated rings. The van der Waals surface area contributed by atoms with E-state index in [0.29, 0.717) is 17.5 Å². The van der Waals surface area contributed by atoms with Crippen molar-refractivity contribution in [3.63, 3.8) is 0 Å². The molecule has 0 saturated carbocycles. The fourth-order valence-electron chi connectivity index (χ4n) is 2.61. The highest BCUT2D eigenvalue weighted by atomic mass is 16.6. The molecule has 0 aliphatic rings. The van der Waals surface area contributed by atoms with Crippen LogP contribution in [0.4, 0.5) is 0 Å². The second-order valence-electron chi connectivity index (χ2n) is 6.58. The predicted molar refractivity (Wildman–Crippen MR) is 106 cm³/mol. The van der Waals surface area contributed by atoms with E-state index >= 15 is 0 Å².